The molecule has 2 aromatic carbocycles. The number of rotatable bonds is 3. The number of hydrogen-bond donors (Lipinski definition) is 1. The highest BCUT2D eigenvalue weighted by Gasteiger charge is 2.23. The number of thioether (sulfide) groups is 1. The summed E-state index contributed by atoms with van der Waals surface area (Å²) in [5, 5.41) is 0. The summed E-state index contributed by atoms with van der Waals surface area (Å²) in [4.78, 5) is 14.8. The van der Waals surface area contributed by atoms with Gasteiger partial charge in [-0.2, -0.15) is 0 Å². The fourth-order valence-corrected chi connectivity index (χ4v) is 5.02. The van der Waals surface area contributed by atoms with Gasteiger partial charge in [-0.25, -0.2) is 8.42 Å². The average Bonchev–Trinajstić information content (AvgIpc) is 2.79. The first-order chi connectivity index (χ1) is 12.3. The molecule has 0 bridgehead atoms. The van der Waals surface area contributed by atoms with Crippen LogP contribution in [0.3, 0.4) is 0 Å². The van der Waals surface area contributed by atoms with Gasteiger partial charge in [-0.05, 0) is 61.4 Å². The summed E-state index contributed by atoms with van der Waals surface area (Å²) in [5.41, 5.74) is 3.07. The number of hydrogen-bond acceptors (Lipinski definition) is 4. The van der Waals surface area contributed by atoms with Crippen LogP contribution in [0.2, 0.25) is 0 Å². The Morgan fingerprint density at radius 1 is 1.15 bits per heavy atom. The van der Waals surface area contributed by atoms with Gasteiger partial charge in [0, 0.05) is 18.4 Å². The Hall–Kier alpha value is -1.99. The van der Waals surface area contributed by atoms with Gasteiger partial charge in [0.1, 0.15) is 0 Å². The van der Waals surface area contributed by atoms with Crippen molar-refractivity contribution in [2.45, 2.75) is 37.0 Å². The summed E-state index contributed by atoms with van der Waals surface area (Å²) in [6, 6.07) is 10.6. The molecule has 0 aliphatic carbocycles. The molecule has 1 aliphatic heterocycles. The number of carbonyl (C=O) groups excluding carboxylic acids is 1. The van der Waals surface area contributed by atoms with Crippen LogP contribution in [-0.2, 0) is 14.8 Å². The molecule has 0 aromatic heterocycles. The predicted octanol–water partition coefficient (Wildman–Crippen LogP) is 3.95. The van der Waals surface area contributed by atoms with E-state index in [4.69, 9.17) is 0 Å². The van der Waals surface area contributed by atoms with Gasteiger partial charge in [-0.1, -0.05) is 12.1 Å². The van der Waals surface area contributed by atoms with Crippen molar-refractivity contribution in [2.24, 2.45) is 0 Å². The smallest absolute Gasteiger partial charge is 0.261 e. The second-order valence-corrected chi connectivity index (χ2v) is 9.25. The molecule has 0 saturated heterocycles. The van der Waals surface area contributed by atoms with E-state index in [1.54, 1.807) is 34.9 Å². The van der Waals surface area contributed by atoms with Gasteiger partial charge in [-0.15, -0.1) is 11.8 Å². The largest absolute Gasteiger partial charge is 0.311 e. The third-order valence-electron chi connectivity index (χ3n) is 4.33. The minimum atomic E-state index is -3.74. The zero-order valence-corrected chi connectivity index (χ0v) is 16.7. The van der Waals surface area contributed by atoms with E-state index in [2.05, 4.69) is 4.72 Å². The zero-order valence-electron chi connectivity index (χ0n) is 15.1. The molecule has 0 fully saturated rings. The maximum absolute atomic E-state index is 12.9. The maximum atomic E-state index is 12.9. The van der Waals surface area contributed by atoms with Crippen molar-refractivity contribution >= 4 is 39.1 Å². The number of anilines is 2. The molecule has 1 heterocycles. The number of aryl methyl sites for hydroxylation is 2. The lowest BCUT2D eigenvalue weighted by atomic mass is 10.1. The Kier molecular flexibility index (Phi) is 5.29. The number of amides is 1. The van der Waals surface area contributed by atoms with Crippen molar-refractivity contribution in [3.05, 3.63) is 47.5 Å². The summed E-state index contributed by atoms with van der Waals surface area (Å²) in [7, 11) is -3.74. The molecule has 0 spiro atoms. The Balaban J connectivity index is 2.01. The number of nitrogens with zero attached hydrogens (tertiary/aromatic N) is 1. The Morgan fingerprint density at radius 3 is 2.65 bits per heavy atom. The van der Waals surface area contributed by atoms with Gasteiger partial charge < -0.3 is 4.90 Å². The zero-order chi connectivity index (χ0) is 18.9. The molecule has 3 rings (SSSR count). The molecule has 2 aromatic rings. The fraction of sp³-hybridized carbons (Fsp3) is 0.316. The van der Waals surface area contributed by atoms with E-state index in [9.17, 15) is 13.2 Å². The second-order valence-electron chi connectivity index (χ2n) is 6.43. The molecule has 5 nitrogen and oxygen atoms in total. The van der Waals surface area contributed by atoms with Crippen LogP contribution in [0.4, 0.5) is 11.4 Å². The summed E-state index contributed by atoms with van der Waals surface area (Å²) in [6.45, 7) is 5.89. The van der Waals surface area contributed by atoms with E-state index in [-0.39, 0.29) is 10.8 Å². The lowest BCUT2D eigenvalue weighted by Crippen LogP contribution is -2.29. The minimum Gasteiger partial charge on any atom is -0.311 e. The third kappa shape index (κ3) is 3.88. The van der Waals surface area contributed by atoms with Crippen molar-refractivity contribution < 1.29 is 13.2 Å². The SMILES string of the molecule is CC(=O)N1CCCSc2ccc(S(=O)(=O)Nc3cc(C)ccc3C)cc21. The highest BCUT2D eigenvalue weighted by atomic mass is 32.2. The van der Waals surface area contributed by atoms with E-state index >= 15 is 0 Å². The first-order valence-corrected chi connectivity index (χ1v) is 10.9. The average molecular weight is 391 g/mol. The van der Waals surface area contributed by atoms with E-state index in [0.717, 1.165) is 28.2 Å². The van der Waals surface area contributed by atoms with Crippen LogP contribution in [0.1, 0.15) is 24.5 Å². The summed E-state index contributed by atoms with van der Waals surface area (Å²) in [6.07, 6.45) is 0.877. The van der Waals surface area contributed by atoms with E-state index in [1.807, 2.05) is 32.0 Å². The summed E-state index contributed by atoms with van der Waals surface area (Å²) >= 11 is 1.65. The summed E-state index contributed by atoms with van der Waals surface area (Å²) in [5.74, 6) is 0.828. The third-order valence-corrected chi connectivity index (χ3v) is 6.84. The molecule has 1 amide bonds. The number of nitrogens with one attached hydrogen (secondary N) is 1. The number of benzene rings is 2. The first-order valence-electron chi connectivity index (χ1n) is 8.43. The van der Waals surface area contributed by atoms with Gasteiger partial charge >= 0.3 is 0 Å². The Labute approximate surface area is 158 Å². The van der Waals surface area contributed by atoms with Crippen LogP contribution < -0.4 is 9.62 Å². The van der Waals surface area contributed by atoms with Gasteiger partial charge in [0.2, 0.25) is 5.91 Å². The second kappa shape index (κ2) is 7.32. The van der Waals surface area contributed by atoms with Crippen molar-refractivity contribution in [1.29, 1.82) is 0 Å². The van der Waals surface area contributed by atoms with Crippen molar-refractivity contribution in [2.75, 3.05) is 21.9 Å². The van der Waals surface area contributed by atoms with Gasteiger partial charge in [0.15, 0.2) is 0 Å². The topological polar surface area (TPSA) is 66.5 Å². The summed E-state index contributed by atoms with van der Waals surface area (Å²) < 4.78 is 28.5. The Morgan fingerprint density at radius 2 is 1.92 bits per heavy atom. The number of sulfonamides is 1. The van der Waals surface area contributed by atoms with Crippen LogP contribution in [0.15, 0.2) is 46.2 Å². The van der Waals surface area contributed by atoms with Gasteiger partial charge in [0.05, 0.1) is 16.3 Å². The van der Waals surface area contributed by atoms with Crippen molar-refractivity contribution in [3.8, 4) is 0 Å². The molecule has 0 saturated carbocycles. The first kappa shape index (κ1) is 18.8. The highest BCUT2D eigenvalue weighted by molar-refractivity contribution is 7.99. The molecular formula is C19H22N2O3S2. The minimum absolute atomic E-state index is 0.0780. The van der Waals surface area contributed by atoms with Crippen LogP contribution in [0.5, 0.6) is 0 Å². The van der Waals surface area contributed by atoms with Gasteiger partial charge in [0.25, 0.3) is 10.0 Å². The molecular weight excluding hydrogens is 368 g/mol. The van der Waals surface area contributed by atoms with Crippen LogP contribution in [0.25, 0.3) is 0 Å². The molecule has 1 N–H and O–H groups in total. The fourth-order valence-electron chi connectivity index (χ4n) is 2.90. The molecule has 0 unspecified atom stereocenters. The lowest BCUT2D eigenvalue weighted by Gasteiger charge is -2.21. The van der Waals surface area contributed by atoms with E-state index in [1.165, 1.54) is 6.92 Å². The number of carbonyl (C=O) groups is 1. The quantitative estimate of drug-likeness (QED) is 0.862. The molecule has 1 aliphatic rings. The molecule has 138 valence electrons. The standard InChI is InChI=1S/C19H22N2O3S2/c1-13-5-6-14(2)17(11-13)20-26(23,24)16-7-8-19-18(12-16)21(15(3)22)9-4-10-25-19/h5-8,11-12,20H,4,9-10H2,1-3H3. The van der Waals surface area contributed by atoms with Crippen molar-refractivity contribution in [1.82, 2.24) is 0 Å². The molecule has 7 heteroatoms. The monoisotopic (exact) mass is 390 g/mol. The van der Waals surface area contributed by atoms with Crippen LogP contribution in [-0.4, -0.2) is 26.6 Å². The van der Waals surface area contributed by atoms with Crippen LogP contribution in [0, 0.1) is 13.8 Å². The van der Waals surface area contributed by atoms with E-state index in [0.29, 0.717) is 17.9 Å². The lowest BCUT2D eigenvalue weighted by molar-refractivity contribution is -0.116. The predicted molar refractivity (Wildman–Crippen MR) is 107 cm³/mol. The molecule has 0 atom stereocenters. The Bertz CT molecular complexity index is 955. The molecule has 0 radical (unpaired) electrons. The van der Waals surface area contributed by atoms with Crippen LogP contribution >= 0.6 is 11.8 Å². The number of fused-ring (bicyclic) bond motifs is 1. The van der Waals surface area contributed by atoms with Gasteiger partial charge in [-0.3, -0.25) is 9.52 Å². The molecule has 26 heavy (non-hydrogen) atoms. The normalized spacial score (nSPS) is 14.5. The van der Waals surface area contributed by atoms with E-state index < -0.39 is 10.0 Å². The highest BCUT2D eigenvalue weighted by Crippen LogP contribution is 2.36. The maximum Gasteiger partial charge on any atom is 0.261 e. The van der Waals surface area contributed by atoms with Crippen molar-refractivity contribution in [3.63, 3.8) is 0 Å².